The van der Waals surface area contributed by atoms with Gasteiger partial charge in [-0.1, -0.05) is 12.2 Å². The topological polar surface area (TPSA) is 0 Å². The predicted molar refractivity (Wildman–Crippen MR) is 48.8 cm³/mol. The van der Waals surface area contributed by atoms with Gasteiger partial charge >= 0.3 is 0 Å². The minimum absolute atomic E-state index is 0.475. The molecule has 2 aliphatic carbocycles. The molecule has 0 spiro atoms. The van der Waals surface area contributed by atoms with Crippen LogP contribution < -0.4 is 0 Å². The Morgan fingerprint density at radius 1 is 1.00 bits per heavy atom. The summed E-state index contributed by atoms with van der Waals surface area (Å²) >= 11 is 6.11. The molecule has 0 aromatic rings. The highest BCUT2D eigenvalue weighted by atomic mass is 35.5. The highest BCUT2D eigenvalue weighted by Gasteiger charge is 2.29. The van der Waals surface area contributed by atoms with E-state index < -0.39 is 0 Å². The lowest BCUT2D eigenvalue weighted by atomic mass is 9.73. The molecule has 3 unspecified atom stereocenters. The van der Waals surface area contributed by atoms with Gasteiger partial charge < -0.3 is 0 Å². The molecule has 0 nitrogen and oxygen atoms in total. The van der Waals surface area contributed by atoms with Gasteiger partial charge in [0.15, 0.2) is 0 Å². The zero-order valence-electron chi connectivity index (χ0n) is 6.80. The molecule has 0 aromatic heterocycles. The van der Waals surface area contributed by atoms with E-state index in [1.165, 1.54) is 32.1 Å². The van der Waals surface area contributed by atoms with Gasteiger partial charge in [0, 0.05) is 5.38 Å². The monoisotopic (exact) mass is 170 g/mol. The van der Waals surface area contributed by atoms with Crippen LogP contribution in [0.5, 0.6) is 0 Å². The van der Waals surface area contributed by atoms with E-state index in [0.717, 1.165) is 11.8 Å². The molecule has 1 heteroatoms. The minimum Gasteiger partial charge on any atom is -0.123 e. The van der Waals surface area contributed by atoms with E-state index in [-0.39, 0.29) is 0 Å². The number of alkyl halides is 1. The van der Waals surface area contributed by atoms with Gasteiger partial charge in [-0.05, 0) is 43.9 Å². The van der Waals surface area contributed by atoms with Crippen LogP contribution >= 0.6 is 11.6 Å². The molecule has 0 amide bonds. The number of hydrogen-bond acceptors (Lipinski definition) is 0. The van der Waals surface area contributed by atoms with Crippen molar-refractivity contribution in [2.45, 2.75) is 37.5 Å². The molecule has 1 fully saturated rings. The Kier molecular flexibility index (Phi) is 2.22. The smallest absolute Gasteiger partial charge is 0.0339 e. The Morgan fingerprint density at radius 2 is 1.73 bits per heavy atom. The molecule has 3 atom stereocenters. The Morgan fingerprint density at radius 3 is 2.55 bits per heavy atom. The van der Waals surface area contributed by atoms with Gasteiger partial charge in [-0.3, -0.25) is 0 Å². The summed E-state index contributed by atoms with van der Waals surface area (Å²) in [6, 6.07) is 0. The summed E-state index contributed by atoms with van der Waals surface area (Å²) in [5.41, 5.74) is 0. The Labute approximate surface area is 73.6 Å². The van der Waals surface area contributed by atoms with Gasteiger partial charge in [0.05, 0.1) is 0 Å². The third-order valence-corrected chi connectivity index (χ3v) is 3.52. The fourth-order valence-corrected chi connectivity index (χ4v) is 2.77. The van der Waals surface area contributed by atoms with Gasteiger partial charge in [-0.25, -0.2) is 0 Å². The average Bonchev–Trinajstić information content (AvgIpc) is 2.04. The van der Waals surface area contributed by atoms with Crippen LogP contribution in [0.2, 0.25) is 0 Å². The molecule has 0 N–H and O–H groups in total. The molecule has 0 radical (unpaired) electrons. The molecule has 11 heavy (non-hydrogen) atoms. The van der Waals surface area contributed by atoms with Crippen LogP contribution in [0.25, 0.3) is 0 Å². The lowest BCUT2D eigenvalue weighted by Gasteiger charge is -2.34. The van der Waals surface area contributed by atoms with Crippen LogP contribution in [0.4, 0.5) is 0 Å². The second-order valence-electron chi connectivity index (χ2n) is 3.87. The fraction of sp³-hybridized carbons (Fsp3) is 0.800. The summed E-state index contributed by atoms with van der Waals surface area (Å²) in [5.74, 6) is 1.88. The zero-order chi connectivity index (χ0) is 7.68. The summed E-state index contributed by atoms with van der Waals surface area (Å²) < 4.78 is 0. The zero-order valence-corrected chi connectivity index (χ0v) is 7.56. The van der Waals surface area contributed by atoms with E-state index >= 15 is 0 Å². The third kappa shape index (κ3) is 1.61. The normalized spacial score (nSPS) is 43.5. The van der Waals surface area contributed by atoms with Crippen molar-refractivity contribution in [2.24, 2.45) is 11.8 Å². The summed E-state index contributed by atoms with van der Waals surface area (Å²) in [5, 5.41) is 0.475. The average molecular weight is 171 g/mol. The van der Waals surface area contributed by atoms with E-state index in [1.807, 2.05) is 0 Å². The maximum absolute atomic E-state index is 6.11. The fourth-order valence-electron chi connectivity index (χ4n) is 2.41. The largest absolute Gasteiger partial charge is 0.123 e. The first kappa shape index (κ1) is 7.67. The van der Waals surface area contributed by atoms with Gasteiger partial charge in [0.1, 0.15) is 0 Å². The maximum atomic E-state index is 6.11. The van der Waals surface area contributed by atoms with Crippen molar-refractivity contribution in [1.29, 1.82) is 0 Å². The lowest BCUT2D eigenvalue weighted by molar-refractivity contribution is 0.235. The first-order valence-electron chi connectivity index (χ1n) is 4.65. The number of allylic oxidation sites excluding steroid dienone is 2. The predicted octanol–water partition coefficient (Wildman–Crippen LogP) is 3.36. The van der Waals surface area contributed by atoms with Crippen LogP contribution in [0.1, 0.15) is 32.1 Å². The molecule has 0 heterocycles. The van der Waals surface area contributed by atoms with Crippen molar-refractivity contribution in [3.05, 3.63) is 12.2 Å². The quantitative estimate of drug-likeness (QED) is 0.386. The molecule has 0 bridgehead atoms. The number of hydrogen-bond donors (Lipinski definition) is 0. The van der Waals surface area contributed by atoms with Crippen molar-refractivity contribution in [3.63, 3.8) is 0 Å². The van der Waals surface area contributed by atoms with Gasteiger partial charge in [-0.2, -0.15) is 0 Å². The first-order chi connectivity index (χ1) is 5.36. The van der Waals surface area contributed by atoms with Crippen molar-refractivity contribution in [2.75, 3.05) is 0 Å². The van der Waals surface area contributed by atoms with E-state index in [2.05, 4.69) is 12.2 Å². The van der Waals surface area contributed by atoms with Crippen molar-refractivity contribution < 1.29 is 0 Å². The van der Waals surface area contributed by atoms with E-state index in [0.29, 0.717) is 5.38 Å². The SMILES string of the molecule is ClC1CCC2CC=CCC2C1. The van der Waals surface area contributed by atoms with Crippen LogP contribution in [0, 0.1) is 11.8 Å². The second-order valence-corrected chi connectivity index (χ2v) is 4.49. The Bertz CT molecular complexity index is 162. The highest BCUT2D eigenvalue weighted by Crippen LogP contribution is 2.39. The summed E-state index contributed by atoms with van der Waals surface area (Å²) in [6.07, 6.45) is 11.1. The lowest BCUT2D eigenvalue weighted by Crippen LogP contribution is -2.26. The molecule has 0 saturated heterocycles. The van der Waals surface area contributed by atoms with Gasteiger partial charge in [-0.15, -0.1) is 11.6 Å². The first-order valence-corrected chi connectivity index (χ1v) is 5.09. The van der Waals surface area contributed by atoms with Gasteiger partial charge in [0.25, 0.3) is 0 Å². The van der Waals surface area contributed by atoms with Crippen LogP contribution in [0.15, 0.2) is 12.2 Å². The van der Waals surface area contributed by atoms with Crippen molar-refractivity contribution in [3.8, 4) is 0 Å². The molecule has 2 rings (SSSR count). The van der Waals surface area contributed by atoms with Gasteiger partial charge in [0.2, 0.25) is 0 Å². The van der Waals surface area contributed by atoms with Crippen LogP contribution in [-0.2, 0) is 0 Å². The van der Waals surface area contributed by atoms with Crippen molar-refractivity contribution >= 4 is 11.6 Å². The summed E-state index contributed by atoms with van der Waals surface area (Å²) in [7, 11) is 0. The molecule has 2 aliphatic rings. The minimum atomic E-state index is 0.475. The Hall–Kier alpha value is 0.0300. The Balaban J connectivity index is 2.00. The van der Waals surface area contributed by atoms with E-state index in [4.69, 9.17) is 11.6 Å². The maximum Gasteiger partial charge on any atom is 0.0339 e. The third-order valence-electron chi connectivity index (χ3n) is 3.12. The highest BCUT2D eigenvalue weighted by molar-refractivity contribution is 6.20. The van der Waals surface area contributed by atoms with Crippen molar-refractivity contribution in [1.82, 2.24) is 0 Å². The van der Waals surface area contributed by atoms with Crippen LogP contribution in [0.3, 0.4) is 0 Å². The number of fused-ring (bicyclic) bond motifs is 1. The molecule has 0 aromatic carbocycles. The van der Waals surface area contributed by atoms with Crippen LogP contribution in [-0.4, -0.2) is 5.38 Å². The standard InChI is InChI=1S/C10H15Cl/c11-10-6-5-8-3-1-2-4-9(8)7-10/h1-2,8-10H,3-7H2. The molecular weight excluding hydrogens is 156 g/mol. The summed E-state index contributed by atoms with van der Waals surface area (Å²) in [6.45, 7) is 0. The second kappa shape index (κ2) is 3.18. The molecule has 62 valence electrons. The molecule has 1 saturated carbocycles. The van der Waals surface area contributed by atoms with E-state index in [1.54, 1.807) is 0 Å². The number of halogens is 1. The number of rotatable bonds is 0. The van der Waals surface area contributed by atoms with E-state index in [9.17, 15) is 0 Å². The summed E-state index contributed by atoms with van der Waals surface area (Å²) in [4.78, 5) is 0. The molecule has 0 aliphatic heterocycles. The molecular formula is C10H15Cl.